The zero-order chi connectivity index (χ0) is 17.9. The quantitative estimate of drug-likeness (QED) is 0.500. The van der Waals surface area contributed by atoms with Crippen LogP contribution in [0, 0.1) is 5.82 Å². The fourth-order valence-electron chi connectivity index (χ4n) is 1.70. The molecule has 2 heterocycles. The van der Waals surface area contributed by atoms with Crippen molar-refractivity contribution in [2.45, 2.75) is 30.9 Å². The van der Waals surface area contributed by atoms with Gasteiger partial charge in [0.25, 0.3) is 5.88 Å². The van der Waals surface area contributed by atoms with E-state index in [1.54, 1.807) is 12.3 Å². The standard InChI is InChI=1S/C14H14F4N4OS/c1-7(14(16,17)18)23-12-10(15)3-8(6-20-12)11-4-9(5-19)21-13(22-11)24-2/h3-4,6-7H,5,19H2,1-2H3. The summed E-state index contributed by atoms with van der Waals surface area (Å²) in [7, 11) is 0. The van der Waals surface area contributed by atoms with Crippen LogP contribution in [0.3, 0.4) is 0 Å². The molecule has 0 amide bonds. The highest BCUT2D eigenvalue weighted by molar-refractivity contribution is 7.98. The van der Waals surface area contributed by atoms with Crippen molar-refractivity contribution in [1.29, 1.82) is 0 Å². The molecule has 1 atom stereocenters. The van der Waals surface area contributed by atoms with Crippen molar-refractivity contribution >= 4 is 11.8 Å². The molecule has 2 aromatic heterocycles. The highest BCUT2D eigenvalue weighted by Gasteiger charge is 2.38. The number of hydrogen-bond acceptors (Lipinski definition) is 6. The van der Waals surface area contributed by atoms with E-state index in [-0.39, 0.29) is 12.1 Å². The number of halogens is 4. The molecular weight excluding hydrogens is 348 g/mol. The van der Waals surface area contributed by atoms with Crippen LogP contribution in [0.1, 0.15) is 12.6 Å². The minimum atomic E-state index is -4.61. The minimum absolute atomic E-state index is 0.170. The largest absolute Gasteiger partial charge is 0.463 e. The zero-order valence-electron chi connectivity index (χ0n) is 12.8. The molecule has 0 aromatic carbocycles. The van der Waals surface area contributed by atoms with Crippen molar-refractivity contribution in [2.75, 3.05) is 6.26 Å². The molecule has 0 radical (unpaired) electrons. The SMILES string of the molecule is CSc1nc(CN)cc(-c2cnc(OC(C)C(F)(F)F)c(F)c2)n1. The van der Waals surface area contributed by atoms with Gasteiger partial charge in [0, 0.05) is 18.3 Å². The van der Waals surface area contributed by atoms with Gasteiger partial charge < -0.3 is 10.5 Å². The summed E-state index contributed by atoms with van der Waals surface area (Å²) in [5, 5.41) is 0.444. The molecule has 2 aromatic rings. The van der Waals surface area contributed by atoms with Gasteiger partial charge in [0.1, 0.15) is 0 Å². The summed E-state index contributed by atoms with van der Waals surface area (Å²) < 4.78 is 56.0. The summed E-state index contributed by atoms with van der Waals surface area (Å²) in [5.41, 5.74) is 6.76. The molecule has 0 saturated heterocycles. The van der Waals surface area contributed by atoms with Crippen molar-refractivity contribution in [3.63, 3.8) is 0 Å². The van der Waals surface area contributed by atoms with Crippen LogP contribution in [-0.2, 0) is 6.54 Å². The number of alkyl halides is 3. The fraction of sp³-hybridized carbons (Fsp3) is 0.357. The molecule has 24 heavy (non-hydrogen) atoms. The fourth-order valence-corrected chi connectivity index (χ4v) is 2.10. The number of nitrogens with zero attached hydrogens (tertiary/aromatic N) is 3. The van der Waals surface area contributed by atoms with Gasteiger partial charge in [-0.25, -0.2) is 19.3 Å². The molecule has 0 saturated carbocycles. The van der Waals surface area contributed by atoms with E-state index in [1.165, 1.54) is 18.0 Å². The Hall–Kier alpha value is -1.94. The topological polar surface area (TPSA) is 73.9 Å². The van der Waals surface area contributed by atoms with E-state index >= 15 is 0 Å². The summed E-state index contributed by atoms with van der Waals surface area (Å²) in [6, 6.07) is 2.58. The van der Waals surface area contributed by atoms with Crippen LogP contribution in [0.4, 0.5) is 17.6 Å². The van der Waals surface area contributed by atoms with Crippen LogP contribution < -0.4 is 10.5 Å². The average Bonchev–Trinajstić information content (AvgIpc) is 2.55. The van der Waals surface area contributed by atoms with E-state index < -0.39 is 24.0 Å². The van der Waals surface area contributed by atoms with Crippen LogP contribution in [0.2, 0.25) is 0 Å². The molecule has 0 fully saturated rings. The van der Waals surface area contributed by atoms with Crippen molar-refractivity contribution in [3.05, 3.63) is 29.8 Å². The molecule has 0 aliphatic rings. The maximum atomic E-state index is 14.0. The maximum absolute atomic E-state index is 14.0. The highest BCUT2D eigenvalue weighted by atomic mass is 32.2. The lowest BCUT2D eigenvalue weighted by molar-refractivity contribution is -0.190. The van der Waals surface area contributed by atoms with Gasteiger partial charge in [0.05, 0.1) is 11.4 Å². The Bertz CT molecular complexity index is 704. The molecule has 2 rings (SSSR count). The van der Waals surface area contributed by atoms with Gasteiger partial charge in [0.2, 0.25) is 0 Å². The van der Waals surface area contributed by atoms with Crippen molar-refractivity contribution in [2.24, 2.45) is 5.73 Å². The Morgan fingerprint density at radius 1 is 1.29 bits per heavy atom. The van der Waals surface area contributed by atoms with Crippen molar-refractivity contribution < 1.29 is 22.3 Å². The summed E-state index contributed by atoms with van der Waals surface area (Å²) in [5.74, 6) is -1.73. The third kappa shape index (κ3) is 4.32. The first kappa shape index (κ1) is 18.4. The number of thioether (sulfide) groups is 1. The van der Waals surface area contributed by atoms with E-state index in [9.17, 15) is 17.6 Å². The second kappa shape index (κ2) is 7.31. The molecule has 0 aliphatic carbocycles. The van der Waals surface area contributed by atoms with E-state index in [2.05, 4.69) is 19.7 Å². The average molecular weight is 362 g/mol. The van der Waals surface area contributed by atoms with E-state index in [0.717, 1.165) is 13.0 Å². The van der Waals surface area contributed by atoms with Gasteiger partial charge in [-0.1, -0.05) is 11.8 Å². The normalized spacial score (nSPS) is 13.0. The lowest BCUT2D eigenvalue weighted by atomic mass is 10.2. The Morgan fingerprint density at radius 3 is 2.54 bits per heavy atom. The molecule has 5 nitrogen and oxygen atoms in total. The van der Waals surface area contributed by atoms with Gasteiger partial charge in [-0.2, -0.15) is 13.2 Å². The van der Waals surface area contributed by atoms with Crippen molar-refractivity contribution in [3.8, 4) is 17.1 Å². The first-order chi connectivity index (χ1) is 11.2. The predicted octanol–water partition coefficient (Wildman–Crippen LogP) is 3.19. The molecule has 10 heteroatoms. The molecule has 1 unspecified atom stereocenters. The zero-order valence-corrected chi connectivity index (χ0v) is 13.6. The monoisotopic (exact) mass is 362 g/mol. The number of ether oxygens (including phenoxy) is 1. The van der Waals surface area contributed by atoms with Gasteiger partial charge in [0.15, 0.2) is 17.1 Å². The van der Waals surface area contributed by atoms with E-state index in [0.29, 0.717) is 16.5 Å². The Labute approximate surface area is 139 Å². The number of rotatable bonds is 5. The third-order valence-corrected chi connectivity index (χ3v) is 3.55. The second-order valence-corrected chi connectivity index (χ2v) is 5.52. The molecule has 0 spiro atoms. The summed E-state index contributed by atoms with van der Waals surface area (Å²) >= 11 is 1.28. The lowest BCUT2D eigenvalue weighted by Crippen LogP contribution is -2.31. The molecular formula is C14H14F4N4OS. The number of hydrogen-bond donors (Lipinski definition) is 1. The van der Waals surface area contributed by atoms with Gasteiger partial charge >= 0.3 is 6.18 Å². The molecule has 0 bridgehead atoms. The van der Waals surface area contributed by atoms with E-state index in [4.69, 9.17) is 5.73 Å². The first-order valence-corrected chi connectivity index (χ1v) is 7.98. The second-order valence-electron chi connectivity index (χ2n) is 4.75. The summed E-state index contributed by atoms with van der Waals surface area (Å²) in [6.45, 7) is 0.945. The number of aromatic nitrogens is 3. The van der Waals surface area contributed by atoms with Crippen LogP contribution in [0.25, 0.3) is 11.3 Å². The van der Waals surface area contributed by atoms with Crippen molar-refractivity contribution in [1.82, 2.24) is 15.0 Å². The maximum Gasteiger partial charge on any atom is 0.425 e. The minimum Gasteiger partial charge on any atom is -0.463 e. The third-order valence-electron chi connectivity index (χ3n) is 3.00. The molecule has 2 N–H and O–H groups in total. The van der Waals surface area contributed by atoms with Gasteiger partial charge in [-0.05, 0) is 25.3 Å². The smallest absolute Gasteiger partial charge is 0.425 e. The summed E-state index contributed by atoms with van der Waals surface area (Å²) in [4.78, 5) is 12.0. The van der Waals surface area contributed by atoms with E-state index in [1.807, 2.05) is 0 Å². The Morgan fingerprint density at radius 2 is 2.00 bits per heavy atom. The first-order valence-electron chi connectivity index (χ1n) is 6.76. The number of nitrogens with two attached hydrogens (primary N) is 1. The lowest BCUT2D eigenvalue weighted by Gasteiger charge is -2.17. The summed E-state index contributed by atoms with van der Waals surface area (Å²) in [6.07, 6.45) is -3.82. The Kier molecular flexibility index (Phi) is 5.60. The predicted molar refractivity (Wildman–Crippen MR) is 81.0 cm³/mol. The van der Waals surface area contributed by atoms with Gasteiger partial charge in [-0.3, -0.25) is 0 Å². The Balaban J connectivity index is 2.33. The number of pyridine rings is 1. The van der Waals surface area contributed by atoms with Crippen LogP contribution in [0.5, 0.6) is 5.88 Å². The molecule has 0 aliphatic heterocycles. The van der Waals surface area contributed by atoms with Crippen LogP contribution >= 0.6 is 11.8 Å². The van der Waals surface area contributed by atoms with Crippen LogP contribution in [-0.4, -0.2) is 33.5 Å². The molecule has 130 valence electrons. The highest BCUT2D eigenvalue weighted by Crippen LogP contribution is 2.28. The van der Waals surface area contributed by atoms with Gasteiger partial charge in [-0.15, -0.1) is 0 Å². The van der Waals surface area contributed by atoms with Crippen LogP contribution in [0.15, 0.2) is 23.5 Å².